The Labute approximate surface area is 176 Å². The van der Waals surface area contributed by atoms with Crippen molar-refractivity contribution in [2.75, 3.05) is 31.1 Å². The lowest BCUT2D eigenvalue weighted by Crippen LogP contribution is -2.60. The maximum absolute atomic E-state index is 13.2. The standard InChI is InChI=1S/C20H23F3N8/c1-12-18(13-8-27-28-9-13)24-6-7-30(12)17-4-5-25-19(29-17)15-10-26-16-3-2-14(11-31(15)16)20(21,22)23/h2-5,10-13,18,24,27-28H,6-9H2,1H3/t12-,18-/m0/s1. The molecule has 5 rings (SSSR count). The average molecular weight is 432 g/mol. The fraction of sp³-hybridized carbons (Fsp3) is 0.450. The summed E-state index contributed by atoms with van der Waals surface area (Å²) in [5, 5.41) is 3.61. The maximum atomic E-state index is 13.2. The summed E-state index contributed by atoms with van der Waals surface area (Å²) in [5.74, 6) is 1.55. The molecule has 31 heavy (non-hydrogen) atoms. The number of anilines is 1. The van der Waals surface area contributed by atoms with Gasteiger partial charge in [0.2, 0.25) is 0 Å². The number of alkyl halides is 3. The highest BCUT2D eigenvalue weighted by Crippen LogP contribution is 2.31. The molecule has 3 N–H and O–H groups in total. The molecular weight excluding hydrogens is 409 g/mol. The first-order valence-corrected chi connectivity index (χ1v) is 10.3. The molecule has 0 unspecified atom stereocenters. The molecule has 5 heterocycles. The number of halogens is 3. The summed E-state index contributed by atoms with van der Waals surface area (Å²) >= 11 is 0. The summed E-state index contributed by atoms with van der Waals surface area (Å²) in [4.78, 5) is 15.5. The number of hydrogen-bond acceptors (Lipinski definition) is 7. The van der Waals surface area contributed by atoms with Crippen LogP contribution in [0.25, 0.3) is 17.2 Å². The Morgan fingerprint density at radius 2 is 1.90 bits per heavy atom. The van der Waals surface area contributed by atoms with Crippen LogP contribution in [0, 0.1) is 5.92 Å². The molecular formula is C20H23F3N8. The number of hydrazine groups is 1. The molecule has 0 saturated carbocycles. The Hall–Kier alpha value is -2.76. The van der Waals surface area contributed by atoms with Gasteiger partial charge in [0.15, 0.2) is 5.82 Å². The number of rotatable bonds is 3. The highest BCUT2D eigenvalue weighted by atomic mass is 19.4. The minimum atomic E-state index is -4.44. The number of nitrogens with zero attached hydrogens (tertiary/aromatic N) is 5. The number of pyridine rings is 1. The fourth-order valence-electron chi connectivity index (χ4n) is 4.48. The van der Waals surface area contributed by atoms with Gasteiger partial charge < -0.3 is 10.2 Å². The third-order valence-electron chi connectivity index (χ3n) is 6.10. The summed E-state index contributed by atoms with van der Waals surface area (Å²) in [6.07, 6.45) is -0.244. The number of fused-ring (bicyclic) bond motifs is 1. The zero-order valence-electron chi connectivity index (χ0n) is 16.9. The third kappa shape index (κ3) is 3.73. The van der Waals surface area contributed by atoms with Crippen LogP contribution in [0.15, 0.2) is 36.8 Å². The van der Waals surface area contributed by atoms with E-state index in [2.05, 4.69) is 38.0 Å². The van der Waals surface area contributed by atoms with E-state index in [4.69, 9.17) is 4.98 Å². The van der Waals surface area contributed by atoms with Crippen molar-refractivity contribution in [1.29, 1.82) is 0 Å². The van der Waals surface area contributed by atoms with Gasteiger partial charge in [-0.3, -0.25) is 15.3 Å². The number of piperazine rings is 1. The van der Waals surface area contributed by atoms with E-state index in [1.807, 2.05) is 6.07 Å². The number of imidazole rings is 1. The highest BCUT2D eigenvalue weighted by Gasteiger charge is 2.35. The quantitative estimate of drug-likeness (QED) is 0.581. The Kier molecular flexibility index (Phi) is 5.03. The summed E-state index contributed by atoms with van der Waals surface area (Å²) < 4.78 is 40.9. The first kappa shape index (κ1) is 20.2. The topological polar surface area (TPSA) is 82.4 Å². The van der Waals surface area contributed by atoms with E-state index in [0.29, 0.717) is 29.1 Å². The van der Waals surface area contributed by atoms with E-state index in [9.17, 15) is 13.2 Å². The molecule has 0 radical (unpaired) electrons. The Morgan fingerprint density at radius 3 is 2.68 bits per heavy atom. The minimum Gasteiger partial charge on any atom is -0.351 e. The van der Waals surface area contributed by atoms with Crippen LogP contribution in [-0.2, 0) is 6.18 Å². The molecule has 2 fully saturated rings. The van der Waals surface area contributed by atoms with Crippen molar-refractivity contribution in [2.45, 2.75) is 25.2 Å². The van der Waals surface area contributed by atoms with Gasteiger partial charge in [-0.25, -0.2) is 15.0 Å². The van der Waals surface area contributed by atoms with Crippen molar-refractivity contribution in [3.63, 3.8) is 0 Å². The van der Waals surface area contributed by atoms with Crippen molar-refractivity contribution in [1.82, 2.24) is 35.5 Å². The smallest absolute Gasteiger partial charge is 0.351 e. The normalized spacial score (nSPS) is 23.0. The molecule has 2 saturated heterocycles. The number of hydrogen-bond donors (Lipinski definition) is 3. The van der Waals surface area contributed by atoms with E-state index in [-0.39, 0.29) is 6.04 Å². The van der Waals surface area contributed by atoms with E-state index >= 15 is 0 Å². The predicted octanol–water partition coefficient (Wildman–Crippen LogP) is 1.70. The molecule has 0 spiro atoms. The van der Waals surface area contributed by atoms with Crippen LogP contribution in [0.4, 0.5) is 19.0 Å². The lowest BCUT2D eigenvalue weighted by atomic mass is 9.92. The Balaban J connectivity index is 1.48. The Bertz CT molecular complexity index is 1080. The van der Waals surface area contributed by atoms with Crippen LogP contribution in [0.2, 0.25) is 0 Å². The summed E-state index contributed by atoms with van der Waals surface area (Å²) in [7, 11) is 0. The van der Waals surface area contributed by atoms with E-state index < -0.39 is 11.7 Å². The molecule has 0 aromatic carbocycles. The van der Waals surface area contributed by atoms with Crippen LogP contribution in [-0.4, -0.2) is 57.6 Å². The SMILES string of the molecule is C[C@H]1[C@@H](C2CNNC2)NCCN1c1ccnc(-c2cnc3ccc(C(F)(F)F)cn23)n1. The van der Waals surface area contributed by atoms with Gasteiger partial charge in [-0.05, 0) is 25.1 Å². The molecule has 0 amide bonds. The highest BCUT2D eigenvalue weighted by molar-refractivity contribution is 5.59. The molecule has 2 atom stereocenters. The van der Waals surface area contributed by atoms with Gasteiger partial charge >= 0.3 is 6.18 Å². The second-order valence-corrected chi connectivity index (χ2v) is 7.96. The van der Waals surface area contributed by atoms with Crippen LogP contribution in [0.3, 0.4) is 0 Å². The van der Waals surface area contributed by atoms with Crippen molar-refractivity contribution in [3.8, 4) is 11.5 Å². The lowest BCUT2D eigenvalue weighted by molar-refractivity contribution is -0.137. The average Bonchev–Trinajstić information content (AvgIpc) is 3.43. The second-order valence-electron chi connectivity index (χ2n) is 7.96. The van der Waals surface area contributed by atoms with E-state index in [1.54, 1.807) is 6.20 Å². The molecule has 0 aliphatic carbocycles. The molecule has 3 aromatic rings. The first-order valence-electron chi connectivity index (χ1n) is 10.3. The molecule has 11 heteroatoms. The number of nitrogens with one attached hydrogen (secondary N) is 3. The van der Waals surface area contributed by atoms with Gasteiger partial charge in [-0.1, -0.05) is 0 Å². The summed E-state index contributed by atoms with van der Waals surface area (Å²) in [5.41, 5.74) is 6.45. The van der Waals surface area contributed by atoms with Gasteiger partial charge in [0, 0.05) is 56.6 Å². The van der Waals surface area contributed by atoms with Crippen LogP contribution in [0.1, 0.15) is 12.5 Å². The lowest BCUT2D eigenvalue weighted by Gasteiger charge is -2.43. The third-order valence-corrected chi connectivity index (χ3v) is 6.10. The molecule has 8 nitrogen and oxygen atoms in total. The van der Waals surface area contributed by atoms with Gasteiger partial charge in [0.05, 0.1) is 11.8 Å². The Morgan fingerprint density at radius 1 is 1.10 bits per heavy atom. The predicted molar refractivity (Wildman–Crippen MR) is 109 cm³/mol. The summed E-state index contributed by atoms with van der Waals surface area (Å²) in [6, 6.07) is 4.71. The molecule has 3 aromatic heterocycles. The van der Waals surface area contributed by atoms with Crippen molar-refractivity contribution >= 4 is 11.5 Å². The van der Waals surface area contributed by atoms with Crippen molar-refractivity contribution < 1.29 is 13.2 Å². The van der Waals surface area contributed by atoms with Crippen molar-refractivity contribution in [2.24, 2.45) is 5.92 Å². The van der Waals surface area contributed by atoms with E-state index in [1.165, 1.54) is 16.7 Å². The largest absolute Gasteiger partial charge is 0.417 e. The first-order chi connectivity index (χ1) is 14.9. The van der Waals surface area contributed by atoms with Gasteiger partial charge in [-0.2, -0.15) is 13.2 Å². The van der Waals surface area contributed by atoms with Crippen LogP contribution >= 0.6 is 0 Å². The molecule has 164 valence electrons. The molecule has 0 bridgehead atoms. The minimum absolute atomic E-state index is 0.196. The number of aromatic nitrogens is 4. The summed E-state index contributed by atoms with van der Waals surface area (Å²) in [6.45, 7) is 5.58. The second kappa shape index (κ2) is 7.74. The van der Waals surface area contributed by atoms with Crippen molar-refractivity contribution in [3.05, 3.63) is 42.4 Å². The van der Waals surface area contributed by atoms with Gasteiger partial charge in [0.25, 0.3) is 0 Å². The fourth-order valence-corrected chi connectivity index (χ4v) is 4.48. The van der Waals surface area contributed by atoms with Crippen LogP contribution < -0.4 is 21.1 Å². The zero-order valence-corrected chi connectivity index (χ0v) is 16.9. The van der Waals surface area contributed by atoms with Gasteiger partial charge in [0.1, 0.15) is 17.2 Å². The van der Waals surface area contributed by atoms with Crippen LogP contribution in [0.5, 0.6) is 0 Å². The monoisotopic (exact) mass is 432 g/mol. The molecule has 2 aliphatic heterocycles. The van der Waals surface area contributed by atoms with E-state index in [0.717, 1.165) is 44.3 Å². The zero-order chi connectivity index (χ0) is 21.6. The maximum Gasteiger partial charge on any atom is 0.417 e. The van der Waals surface area contributed by atoms with Gasteiger partial charge in [-0.15, -0.1) is 0 Å². The molecule has 2 aliphatic rings.